The maximum atomic E-state index is 13.2. The van der Waals surface area contributed by atoms with Crippen LogP contribution >= 0.6 is 11.6 Å². The van der Waals surface area contributed by atoms with Crippen molar-refractivity contribution >= 4 is 23.4 Å². The number of hydrogen-bond donors (Lipinski definition) is 0. The Morgan fingerprint density at radius 2 is 2.07 bits per heavy atom. The maximum Gasteiger partial charge on any atom is 0.244 e. The van der Waals surface area contributed by atoms with Crippen LogP contribution in [0.5, 0.6) is 0 Å². The van der Waals surface area contributed by atoms with Gasteiger partial charge in [-0.25, -0.2) is 0 Å². The predicted molar refractivity (Wildman–Crippen MR) is 102 cm³/mol. The van der Waals surface area contributed by atoms with Crippen molar-refractivity contribution in [2.45, 2.75) is 32.7 Å². The van der Waals surface area contributed by atoms with E-state index in [1.165, 1.54) is 19.0 Å². The van der Waals surface area contributed by atoms with Gasteiger partial charge in [-0.3, -0.25) is 14.3 Å². The first-order valence-electron chi connectivity index (χ1n) is 9.95. The zero-order chi connectivity index (χ0) is 19.0. The van der Waals surface area contributed by atoms with Crippen LogP contribution in [0.3, 0.4) is 0 Å². The van der Waals surface area contributed by atoms with Gasteiger partial charge in [0.05, 0.1) is 16.6 Å². The zero-order valence-electron chi connectivity index (χ0n) is 15.9. The molecule has 3 aliphatic rings. The standard InChI is InChI=1S/C19H28ClN5O2/c1-15-11-24(17(26)13-25-12-16(20)10-21-25)14-19(15)4-7-23(18(19)27)9-8-22-5-2-3-6-22/h10,12,15H,2-9,11,13-14H2,1H3/t15-,19-/m1/s1. The molecular weight excluding hydrogens is 366 g/mol. The number of aromatic nitrogens is 2. The van der Waals surface area contributed by atoms with E-state index < -0.39 is 5.41 Å². The molecule has 2 amide bonds. The minimum absolute atomic E-state index is 0.00167. The van der Waals surface area contributed by atoms with E-state index in [9.17, 15) is 9.59 Å². The molecule has 0 aliphatic carbocycles. The average Bonchev–Trinajstić information content (AvgIpc) is 3.40. The van der Waals surface area contributed by atoms with Gasteiger partial charge in [-0.2, -0.15) is 5.10 Å². The van der Waals surface area contributed by atoms with E-state index >= 15 is 0 Å². The molecule has 4 heterocycles. The van der Waals surface area contributed by atoms with Crippen LogP contribution in [0.25, 0.3) is 0 Å². The first-order chi connectivity index (χ1) is 13.0. The Hall–Kier alpha value is -1.60. The molecule has 0 radical (unpaired) electrons. The van der Waals surface area contributed by atoms with Crippen molar-refractivity contribution in [2.24, 2.45) is 11.3 Å². The highest BCUT2D eigenvalue weighted by atomic mass is 35.5. The van der Waals surface area contributed by atoms with Crippen LogP contribution in [0.15, 0.2) is 12.4 Å². The number of nitrogens with zero attached hydrogens (tertiary/aromatic N) is 5. The molecule has 27 heavy (non-hydrogen) atoms. The summed E-state index contributed by atoms with van der Waals surface area (Å²) in [5, 5.41) is 4.60. The minimum atomic E-state index is -0.400. The fraction of sp³-hybridized carbons (Fsp3) is 0.737. The van der Waals surface area contributed by atoms with Gasteiger partial charge in [0.1, 0.15) is 6.54 Å². The highest BCUT2D eigenvalue weighted by Gasteiger charge is 2.55. The van der Waals surface area contributed by atoms with Crippen LogP contribution in [0, 0.1) is 11.3 Å². The monoisotopic (exact) mass is 393 g/mol. The van der Waals surface area contributed by atoms with Gasteiger partial charge >= 0.3 is 0 Å². The zero-order valence-corrected chi connectivity index (χ0v) is 16.7. The lowest BCUT2D eigenvalue weighted by atomic mass is 9.78. The molecule has 8 heteroatoms. The Morgan fingerprint density at radius 1 is 1.30 bits per heavy atom. The summed E-state index contributed by atoms with van der Waals surface area (Å²) in [5.41, 5.74) is -0.400. The lowest BCUT2D eigenvalue weighted by molar-refractivity contribution is -0.137. The molecule has 2 atom stereocenters. The smallest absolute Gasteiger partial charge is 0.244 e. The van der Waals surface area contributed by atoms with Gasteiger partial charge in [0.2, 0.25) is 11.8 Å². The molecular formula is C19H28ClN5O2. The Balaban J connectivity index is 1.36. The molecule has 3 fully saturated rings. The molecule has 0 unspecified atom stereocenters. The number of carbonyl (C=O) groups is 2. The SMILES string of the molecule is C[C@@H]1CN(C(=O)Cn2cc(Cl)cn2)C[C@]12CCN(CCN1CCCC1)C2=O. The molecule has 0 saturated carbocycles. The van der Waals surface area contributed by atoms with Gasteiger partial charge in [-0.15, -0.1) is 0 Å². The third-order valence-electron chi connectivity index (χ3n) is 6.59. The van der Waals surface area contributed by atoms with E-state index in [2.05, 4.69) is 16.9 Å². The second-order valence-electron chi connectivity index (χ2n) is 8.28. The van der Waals surface area contributed by atoms with Crippen molar-refractivity contribution in [2.75, 3.05) is 45.8 Å². The number of halogens is 1. The highest BCUT2D eigenvalue weighted by molar-refractivity contribution is 6.30. The molecule has 1 aromatic heterocycles. The second-order valence-corrected chi connectivity index (χ2v) is 8.71. The van der Waals surface area contributed by atoms with E-state index in [1.807, 2.05) is 9.80 Å². The minimum Gasteiger partial charge on any atom is -0.341 e. The summed E-state index contributed by atoms with van der Waals surface area (Å²) in [5.74, 6) is 0.431. The largest absolute Gasteiger partial charge is 0.341 e. The molecule has 1 spiro atoms. The van der Waals surface area contributed by atoms with E-state index in [-0.39, 0.29) is 24.3 Å². The number of rotatable bonds is 5. The molecule has 7 nitrogen and oxygen atoms in total. The third kappa shape index (κ3) is 3.59. The van der Waals surface area contributed by atoms with Gasteiger partial charge in [-0.05, 0) is 38.3 Å². The number of carbonyl (C=O) groups excluding carboxylic acids is 2. The van der Waals surface area contributed by atoms with Crippen LogP contribution in [0.1, 0.15) is 26.2 Å². The van der Waals surface area contributed by atoms with Crippen molar-refractivity contribution in [1.82, 2.24) is 24.5 Å². The summed E-state index contributed by atoms with van der Waals surface area (Å²) in [7, 11) is 0. The van der Waals surface area contributed by atoms with Crippen LogP contribution < -0.4 is 0 Å². The number of hydrogen-bond acceptors (Lipinski definition) is 4. The summed E-state index contributed by atoms with van der Waals surface area (Å²) in [6.45, 7) is 8.36. The Bertz CT molecular complexity index is 717. The Morgan fingerprint density at radius 3 is 2.78 bits per heavy atom. The Kier molecular flexibility index (Phi) is 5.16. The molecule has 148 valence electrons. The number of likely N-dealkylation sites (tertiary alicyclic amines) is 3. The summed E-state index contributed by atoms with van der Waals surface area (Å²) < 4.78 is 1.55. The summed E-state index contributed by atoms with van der Waals surface area (Å²) in [6, 6.07) is 0. The highest BCUT2D eigenvalue weighted by Crippen LogP contribution is 2.44. The van der Waals surface area contributed by atoms with Crippen molar-refractivity contribution in [3.05, 3.63) is 17.4 Å². The molecule has 0 N–H and O–H groups in total. The summed E-state index contributed by atoms with van der Waals surface area (Å²) in [6.07, 6.45) is 6.57. The van der Waals surface area contributed by atoms with E-state index in [0.29, 0.717) is 18.1 Å². The fourth-order valence-electron chi connectivity index (χ4n) is 4.86. The van der Waals surface area contributed by atoms with Gasteiger partial charge in [0.25, 0.3) is 0 Å². The topological polar surface area (TPSA) is 61.7 Å². The lowest BCUT2D eigenvalue weighted by Gasteiger charge is -2.27. The van der Waals surface area contributed by atoms with Gasteiger partial charge in [0.15, 0.2) is 0 Å². The summed E-state index contributed by atoms with van der Waals surface area (Å²) >= 11 is 5.88. The quantitative estimate of drug-likeness (QED) is 0.757. The van der Waals surface area contributed by atoms with E-state index in [4.69, 9.17) is 11.6 Å². The number of amides is 2. The molecule has 3 aliphatic heterocycles. The fourth-order valence-corrected chi connectivity index (χ4v) is 5.02. The molecule has 1 aromatic rings. The Labute approximate surface area is 165 Å². The van der Waals surface area contributed by atoms with Crippen LogP contribution in [-0.2, 0) is 16.1 Å². The van der Waals surface area contributed by atoms with Crippen LogP contribution in [-0.4, -0.2) is 82.1 Å². The van der Waals surface area contributed by atoms with Crippen molar-refractivity contribution in [3.63, 3.8) is 0 Å². The molecule has 4 rings (SSSR count). The van der Waals surface area contributed by atoms with Gasteiger partial charge in [0, 0.05) is 38.9 Å². The molecule has 0 aromatic carbocycles. The molecule has 0 bridgehead atoms. The predicted octanol–water partition coefficient (Wildman–Crippen LogP) is 1.33. The van der Waals surface area contributed by atoms with Gasteiger partial charge < -0.3 is 14.7 Å². The van der Waals surface area contributed by atoms with Crippen molar-refractivity contribution in [3.8, 4) is 0 Å². The average molecular weight is 394 g/mol. The van der Waals surface area contributed by atoms with Crippen molar-refractivity contribution < 1.29 is 9.59 Å². The normalized spacial score (nSPS) is 28.8. The van der Waals surface area contributed by atoms with Crippen molar-refractivity contribution in [1.29, 1.82) is 0 Å². The van der Waals surface area contributed by atoms with Crippen LogP contribution in [0.2, 0.25) is 5.02 Å². The molecule has 3 saturated heterocycles. The van der Waals surface area contributed by atoms with E-state index in [0.717, 1.165) is 39.1 Å². The maximum absolute atomic E-state index is 13.2. The lowest BCUT2D eigenvalue weighted by Crippen LogP contribution is -2.42. The van der Waals surface area contributed by atoms with E-state index in [1.54, 1.807) is 10.9 Å². The first kappa shape index (κ1) is 18.7. The van der Waals surface area contributed by atoms with Crippen LogP contribution in [0.4, 0.5) is 0 Å². The third-order valence-corrected chi connectivity index (χ3v) is 6.78. The first-order valence-corrected chi connectivity index (χ1v) is 10.3. The van der Waals surface area contributed by atoms with Gasteiger partial charge in [-0.1, -0.05) is 18.5 Å². The second kappa shape index (κ2) is 7.43. The summed E-state index contributed by atoms with van der Waals surface area (Å²) in [4.78, 5) is 32.2.